The summed E-state index contributed by atoms with van der Waals surface area (Å²) in [5.74, 6) is 0.420. The van der Waals surface area contributed by atoms with E-state index in [9.17, 15) is 9.59 Å². The average molecular weight is 437 g/mol. The number of amides is 2. The Balaban J connectivity index is 1.98. The zero-order valence-electron chi connectivity index (χ0n) is 16.9. The van der Waals surface area contributed by atoms with Crippen LogP contribution in [0.25, 0.3) is 0 Å². The number of carbonyl (C=O) groups excluding carboxylic acids is 2. The number of carbonyl (C=O) groups is 2. The third-order valence-corrected chi connectivity index (χ3v) is 5.31. The van der Waals surface area contributed by atoms with Gasteiger partial charge < -0.3 is 15.0 Å². The maximum absolute atomic E-state index is 12.8. The summed E-state index contributed by atoms with van der Waals surface area (Å²) in [6, 6.07) is 12.3. The van der Waals surface area contributed by atoms with Crippen LogP contribution in [0.2, 0.25) is 10.0 Å². The van der Waals surface area contributed by atoms with Crippen molar-refractivity contribution in [1.82, 2.24) is 10.2 Å². The Hall–Kier alpha value is -2.24. The fourth-order valence-electron chi connectivity index (χ4n) is 2.82. The largest absolute Gasteiger partial charge is 0.494 e. The fraction of sp³-hybridized carbons (Fsp3) is 0.364. The predicted octanol–water partition coefficient (Wildman–Crippen LogP) is 4.62. The number of nitrogens with zero attached hydrogens (tertiary/aromatic N) is 1. The lowest BCUT2D eigenvalue weighted by Crippen LogP contribution is -2.46. The molecule has 0 aromatic heterocycles. The first-order valence-electron chi connectivity index (χ1n) is 9.46. The molecule has 0 aliphatic rings. The van der Waals surface area contributed by atoms with Gasteiger partial charge in [-0.2, -0.15) is 0 Å². The number of halogens is 2. The summed E-state index contributed by atoms with van der Waals surface area (Å²) in [7, 11) is 1.55. The zero-order chi connectivity index (χ0) is 21.4. The molecule has 0 spiro atoms. The van der Waals surface area contributed by atoms with Gasteiger partial charge in [0.15, 0.2) is 0 Å². The van der Waals surface area contributed by atoms with Gasteiger partial charge in [-0.05, 0) is 50.1 Å². The lowest BCUT2D eigenvalue weighted by Gasteiger charge is -2.28. The molecule has 29 heavy (non-hydrogen) atoms. The maximum atomic E-state index is 12.8. The predicted molar refractivity (Wildman–Crippen MR) is 116 cm³/mol. The molecule has 0 radical (unpaired) electrons. The van der Waals surface area contributed by atoms with Crippen molar-refractivity contribution in [2.45, 2.75) is 39.3 Å². The van der Waals surface area contributed by atoms with Crippen molar-refractivity contribution >= 4 is 35.0 Å². The highest BCUT2D eigenvalue weighted by Gasteiger charge is 2.25. The van der Waals surface area contributed by atoms with Crippen molar-refractivity contribution in [3.05, 3.63) is 63.6 Å². The number of hydrogen-bond acceptors (Lipinski definition) is 3. The molecule has 5 nitrogen and oxygen atoms in total. The molecule has 2 aromatic carbocycles. The summed E-state index contributed by atoms with van der Waals surface area (Å²) < 4.78 is 5.69. The Bertz CT molecular complexity index is 840. The lowest BCUT2D eigenvalue weighted by atomic mass is 10.1. The first kappa shape index (κ1) is 23.0. The molecular formula is C22H26Cl2N2O3. The second-order valence-corrected chi connectivity index (χ2v) is 7.64. The molecule has 0 bridgehead atoms. The minimum Gasteiger partial charge on any atom is -0.494 e. The Kier molecular flexibility index (Phi) is 8.80. The van der Waals surface area contributed by atoms with Crippen molar-refractivity contribution in [2.24, 2.45) is 0 Å². The number of aryl methyl sites for hydroxylation is 1. The van der Waals surface area contributed by atoms with E-state index in [0.29, 0.717) is 23.1 Å². The van der Waals surface area contributed by atoms with Gasteiger partial charge in [0.2, 0.25) is 11.8 Å². The van der Waals surface area contributed by atoms with E-state index in [1.165, 1.54) is 0 Å². The van der Waals surface area contributed by atoms with Crippen molar-refractivity contribution in [2.75, 3.05) is 13.7 Å². The Morgan fingerprint density at radius 3 is 2.41 bits per heavy atom. The summed E-state index contributed by atoms with van der Waals surface area (Å²) in [5.41, 5.74) is 1.97. The molecule has 1 unspecified atom stereocenters. The topological polar surface area (TPSA) is 58.6 Å². The summed E-state index contributed by atoms with van der Waals surface area (Å²) in [5, 5.41) is 3.45. The standard InChI is InChI=1S/C22H26Cl2N2O3/c1-15-6-9-18(10-7-15)29-12-4-5-21(27)26(16(2)22(28)25-3)14-17-8-11-19(23)20(24)13-17/h6-11,13,16H,4-5,12,14H2,1-3H3,(H,25,28). The number of rotatable bonds is 9. The smallest absolute Gasteiger partial charge is 0.242 e. The summed E-state index contributed by atoms with van der Waals surface area (Å²) >= 11 is 12.1. The van der Waals surface area contributed by atoms with Crippen LogP contribution in [0.1, 0.15) is 30.9 Å². The average Bonchev–Trinajstić information content (AvgIpc) is 2.72. The molecule has 0 aliphatic heterocycles. The summed E-state index contributed by atoms with van der Waals surface area (Å²) in [4.78, 5) is 26.5. The fourth-order valence-corrected chi connectivity index (χ4v) is 3.14. The quantitative estimate of drug-likeness (QED) is 0.583. The molecule has 2 amide bonds. The van der Waals surface area contributed by atoms with E-state index in [-0.39, 0.29) is 24.8 Å². The van der Waals surface area contributed by atoms with Crippen molar-refractivity contribution in [3.63, 3.8) is 0 Å². The van der Waals surface area contributed by atoms with Gasteiger partial charge in [0.25, 0.3) is 0 Å². The van der Waals surface area contributed by atoms with Gasteiger partial charge >= 0.3 is 0 Å². The van der Waals surface area contributed by atoms with Crippen molar-refractivity contribution < 1.29 is 14.3 Å². The Morgan fingerprint density at radius 2 is 1.79 bits per heavy atom. The normalized spacial score (nSPS) is 11.6. The first-order chi connectivity index (χ1) is 13.8. The van der Waals surface area contributed by atoms with Crippen LogP contribution in [-0.2, 0) is 16.1 Å². The molecule has 7 heteroatoms. The Morgan fingerprint density at radius 1 is 1.10 bits per heavy atom. The van der Waals surface area contributed by atoms with Crippen molar-refractivity contribution in [1.29, 1.82) is 0 Å². The van der Waals surface area contributed by atoms with Gasteiger partial charge in [0.05, 0.1) is 16.7 Å². The molecular weight excluding hydrogens is 411 g/mol. The van der Waals surface area contributed by atoms with Crippen LogP contribution in [0.5, 0.6) is 5.75 Å². The van der Waals surface area contributed by atoms with E-state index >= 15 is 0 Å². The van der Waals surface area contributed by atoms with Gasteiger partial charge in [0, 0.05) is 20.0 Å². The number of likely N-dealkylation sites (N-methyl/N-ethyl adjacent to an activating group) is 1. The highest BCUT2D eigenvalue weighted by molar-refractivity contribution is 6.42. The van der Waals surface area contributed by atoms with Crippen LogP contribution in [0.15, 0.2) is 42.5 Å². The second-order valence-electron chi connectivity index (χ2n) is 6.83. The summed E-state index contributed by atoms with van der Waals surface area (Å²) in [6.07, 6.45) is 0.819. The summed E-state index contributed by atoms with van der Waals surface area (Å²) in [6.45, 7) is 4.41. The monoisotopic (exact) mass is 436 g/mol. The van der Waals surface area contributed by atoms with E-state index in [1.807, 2.05) is 31.2 Å². The van der Waals surface area contributed by atoms with Crippen LogP contribution in [0.4, 0.5) is 0 Å². The molecule has 0 heterocycles. The Labute approximate surface area is 181 Å². The maximum Gasteiger partial charge on any atom is 0.242 e. The van der Waals surface area contributed by atoms with E-state index in [2.05, 4.69) is 5.32 Å². The zero-order valence-corrected chi connectivity index (χ0v) is 18.4. The van der Waals surface area contributed by atoms with Crippen LogP contribution in [0, 0.1) is 6.92 Å². The minimum absolute atomic E-state index is 0.125. The lowest BCUT2D eigenvalue weighted by molar-refractivity contribution is -0.140. The van der Waals surface area contributed by atoms with Gasteiger partial charge in [-0.15, -0.1) is 0 Å². The van der Waals surface area contributed by atoms with Gasteiger partial charge in [0.1, 0.15) is 11.8 Å². The van der Waals surface area contributed by atoms with E-state index in [4.69, 9.17) is 27.9 Å². The van der Waals surface area contributed by atoms with Gasteiger partial charge in [-0.25, -0.2) is 0 Å². The molecule has 2 aromatic rings. The highest BCUT2D eigenvalue weighted by atomic mass is 35.5. The van der Waals surface area contributed by atoms with Crippen LogP contribution < -0.4 is 10.1 Å². The molecule has 1 atom stereocenters. The van der Waals surface area contributed by atoms with Crippen LogP contribution in [0.3, 0.4) is 0 Å². The molecule has 0 fully saturated rings. The number of hydrogen-bond donors (Lipinski definition) is 1. The highest BCUT2D eigenvalue weighted by Crippen LogP contribution is 2.24. The third-order valence-electron chi connectivity index (χ3n) is 4.58. The van der Waals surface area contributed by atoms with Crippen LogP contribution in [-0.4, -0.2) is 36.4 Å². The second kappa shape index (κ2) is 11.1. The molecule has 0 aliphatic carbocycles. The van der Waals surface area contributed by atoms with Gasteiger partial charge in [-0.3, -0.25) is 9.59 Å². The van der Waals surface area contributed by atoms with E-state index in [0.717, 1.165) is 16.9 Å². The number of nitrogens with one attached hydrogen (secondary N) is 1. The van der Waals surface area contributed by atoms with Gasteiger partial charge in [-0.1, -0.05) is 47.0 Å². The van der Waals surface area contributed by atoms with Crippen molar-refractivity contribution in [3.8, 4) is 5.75 Å². The molecule has 0 saturated heterocycles. The molecule has 0 saturated carbocycles. The number of ether oxygens (including phenoxy) is 1. The van der Waals surface area contributed by atoms with E-state index in [1.54, 1.807) is 37.1 Å². The first-order valence-corrected chi connectivity index (χ1v) is 10.2. The number of benzene rings is 2. The van der Waals surface area contributed by atoms with Crippen LogP contribution >= 0.6 is 23.2 Å². The molecule has 156 valence electrons. The SMILES string of the molecule is CNC(=O)C(C)N(Cc1ccc(Cl)c(Cl)c1)C(=O)CCCOc1ccc(C)cc1. The molecule has 2 rings (SSSR count). The third kappa shape index (κ3) is 6.94. The minimum atomic E-state index is -0.611. The van der Waals surface area contributed by atoms with E-state index < -0.39 is 6.04 Å². The molecule has 1 N–H and O–H groups in total.